The maximum Gasteiger partial charge on any atom is 0.267 e. The maximum atomic E-state index is 12.4. The van der Waals surface area contributed by atoms with Gasteiger partial charge in [0.1, 0.15) is 10.7 Å². The number of anilines is 2. The molecule has 2 heterocycles. The molecule has 1 amide bonds. The molecule has 118 valence electrons. The van der Waals surface area contributed by atoms with E-state index >= 15 is 0 Å². The number of rotatable bonds is 5. The van der Waals surface area contributed by atoms with E-state index in [9.17, 15) is 4.79 Å². The molecule has 21 heavy (non-hydrogen) atoms. The largest absolute Gasteiger partial charge is 0.382 e. The first-order valence-corrected chi connectivity index (χ1v) is 8.36. The van der Waals surface area contributed by atoms with Crippen molar-refractivity contribution in [3.05, 3.63) is 4.88 Å². The van der Waals surface area contributed by atoms with Gasteiger partial charge in [-0.25, -0.2) is 4.98 Å². The number of nitrogens with zero attached hydrogens (tertiary/aromatic N) is 3. The van der Waals surface area contributed by atoms with Crippen molar-refractivity contribution in [2.24, 2.45) is 0 Å². The number of carbonyl (C=O) groups excluding carboxylic acids is 1. The molecule has 0 aliphatic carbocycles. The lowest BCUT2D eigenvalue weighted by molar-refractivity contribution is 0.0802. The molecule has 1 aromatic rings. The van der Waals surface area contributed by atoms with Crippen molar-refractivity contribution in [2.75, 3.05) is 50.9 Å². The van der Waals surface area contributed by atoms with Crippen LogP contribution in [0.2, 0.25) is 0 Å². The summed E-state index contributed by atoms with van der Waals surface area (Å²) in [6.07, 6.45) is 4.92. The summed E-state index contributed by atoms with van der Waals surface area (Å²) in [6.45, 7) is 3.44. The van der Waals surface area contributed by atoms with Crippen LogP contribution in [0.25, 0.3) is 0 Å². The number of carbonyl (C=O) groups is 1. The van der Waals surface area contributed by atoms with Crippen LogP contribution in [0.4, 0.5) is 10.9 Å². The Morgan fingerprint density at radius 2 is 2.05 bits per heavy atom. The fourth-order valence-electron chi connectivity index (χ4n) is 2.43. The summed E-state index contributed by atoms with van der Waals surface area (Å²) >= 11 is 1.42. The van der Waals surface area contributed by atoms with Crippen LogP contribution in [0.5, 0.6) is 0 Å². The van der Waals surface area contributed by atoms with Gasteiger partial charge < -0.3 is 20.9 Å². The van der Waals surface area contributed by atoms with Crippen LogP contribution in [0.1, 0.15) is 35.4 Å². The van der Waals surface area contributed by atoms with Gasteiger partial charge in [-0.15, -0.1) is 0 Å². The number of hydrogen-bond acceptors (Lipinski definition) is 6. The molecule has 0 bridgehead atoms. The first kappa shape index (κ1) is 16.0. The molecule has 1 aromatic heterocycles. The monoisotopic (exact) mass is 311 g/mol. The summed E-state index contributed by atoms with van der Waals surface area (Å²) < 4.78 is 0. The average molecular weight is 311 g/mol. The highest BCUT2D eigenvalue weighted by atomic mass is 32.1. The lowest BCUT2D eigenvalue weighted by Crippen LogP contribution is -2.32. The molecule has 7 heteroatoms. The fraction of sp³-hybridized carbons (Fsp3) is 0.714. The highest BCUT2D eigenvalue weighted by Gasteiger charge is 2.22. The molecule has 1 aliphatic heterocycles. The van der Waals surface area contributed by atoms with Crippen molar-refractivity contribution in [2.45, 2.75) is 25.7 Å². The van der Waals surface area contributed by atoms with E-state index in [0.717, 1.165) is 24.8 Å². The zero-order chi connectivity index (χ0) is 15.2. The van der Waals surface area contributed by atoms with Crippen molar-refractivity contribution in [1.82, 2.24) is 15.2 Å². The van der Waals surface area contributed by atoms with Crippen LogP contribution in [0, 0.1) is 0 Å². The molecule has 1 saturated heterocycles. The number of nitrogens with one attached hydrogen (secondary N) is 1. The third-order valence-electron chi connectivity index (χ3n) is 3.76. The van der Waals surface area contributed by atoms with Gasteiger partial charge in [0.05, 0.1) is 0 Å². The third kappa shape index (κ3) is 4.07. The van der Waals surface area contributed by atoms with Gasteiger partial charge >= 0.3 is 0 Å². The number of nitrogen functional groups attached to an aromatic ring is 1. The van der Waals surface area contributed by atoms with Gasteiger partial charge in [0.2, 0.25) is 0 Å². The van der Waals surface area contributed by atoms with Gasteiger partial charge in [-0.05, 0) is 19.9 Å². The zero-order valence-corrected chi connectivity index (χ0v) is 13.7. The predicted octanol–water partition coefficient (Wildman–Crippen LogP) is 1.40. The molecule has 1 aliphatic rings. The van der Waals surface area contributed by atoms with Gasteiger partial charge in [-0.2, -0.15) is 0 Å². The Balaban J connectivity index is 2.08. The summed E-state index contributed by atoms with van der Waals surface area (Å²) in [7, 11) is 3.67. The molecule has 6 nitrogen and oxygen atoms in total. The standard InChI is InChI=1S/C14H25N5OS/c1-16-7-10-18(2)13(20)11-12(15)17-14(21-11)19-8-5-3-4-6-9-19/h16H,3-10,15H2,1-2H3. The number of hydrogen-bond donors (Lipinski definition) is 2. The number of aromatic nitrogens is 1. The summed E-state index contributed by atoms with van der Waals surface area (Å²) in [4.78, 5) is 21.3. The minimum Gasteiger partial charge on any atom is -0.382 e. The first-order chi connectivity index (χ1) is 10.1. The Kier molecular flexibility index (Phi) is 5.81. The quantitative estimate of drug-likeness (QED) is 0.860. The van der Waals surface area contributed by atoms with Gasteiger partial charge in [0, 0.05) is 33.2 Å². The van der Waals surface area contributed by atoms with Gasteiger partial charge in [0.25, 0.3) is 5.91 Å². The van der Waals surface area contributed by atoms with E-state index in [2.05, 4.69) is 15.2 Å². The minimum atomic E-state index is -0.0404. The normalized spacial score (nSPS) is 15.8. The van der Waals surface area contributed by atoms with Gasteiger partial charge in [0.15, 0.2) is 5.13 Å². The second-order valence-corrected chi connectivity index (χ2v) is 6.42. The number of likely N-dealkylation sites (N-methyl/N-ethyl adjacent to an activating group) is 2. The van der Waals surface area contributed by atoms with E-state index in [1.165, 1.54) is 37.0 Å². The maximum absolute atomic E-state index is 12.4. The van der Waals surface area contributed by atoms with E-state index in [1.807, 2.05) is 7.05 Å². The molecule has 0 unspecified atom stereocenters. The van der Waals surface area contributed by atoms with Gasteiger partial charge in [-0.3, -0.25) is 4.79 Å². The summed E-state index contributed by atoms with van der Waals surface area (Å²) in [5, 5.41) is 3.93. The highest BCUT2D eigenvalue weighted by Crippen LogP contribution is 2.30. The third-order valence-corrected chi connectivity index (χ3v) is 4.88. The molecule has 0 spiro atoms. The van der Waals surface area contributed by atoms with Crippen LogP contribution in [-0.4, -0.2) is 56.1 Å². The minimum absolute atomic E-state index is 0.0404. The van der Waals surface area contributed by atoms with E-state index < -0.39 is 0 Å². The SMILES string of the molecule is CNCCN(C)C(=O)c1sc(N2CCCCCC2)nc1N. The highest BCUT2D eigenvalue weighted by molar-refractivity contribution is 7.18. The van der Waals surface area contributed by atoms with Crippen molar-refractivity contribution < 1.29 is 4.79 Å². The molecule has 2 rings (SSSR count). The zero-order valence-electron chi connectivity index (χ0n) is 12.9. The number of amides is 1. The van der Waals surface area contributed by atoms with Crippen LogP contribution in [0.15, 0.2) is 0 Å². The molecule has 0 aromatic carbocycles. The van der Waals surface area contributed by atoms with Crippen LogP contribution in [-0.2, 0) is 0 Å². The van der Waals surface area contributed by atoms with Crippen LogP contribution >= 0.6 is 11.3 Å². The molecule has 1 fully saturated rings. The lowest BCUT2D eigenvalue weighted by atomic mass is 10.2. The Morgan fingerprint density at radius 3 is 2.67 bits per heavy atom. The summed E-state index contributed by atoms with van der Waals surface area (Å²) in [5.74, 6) is 0.321. The Bertz CT molecular complexity index is 468. The van der Waals surface area contributed by atoms with Crippen molar-refractivity contribution in [1.29, 1.82) is 0 Å². The molecule has 0 atom stereocenters. The van der Waals surface area contributed by atoms with Crippen molar-refractivity contribution in [3.63, 3.8) is 0 Å². The summed E-state index contributed by atoms with van der Waals surface area (Å²) in [5.41, 5.74) is 5.96. The number of thiazole rings is 1. The smallest absolute Gasteiger partial charge is 0.267 e. The average Bonchev–Trinajstić information content (AvgIpc) is 2.70. The van der Waals surface area contributed by atoms with Gasteiger partial charge in [-0.1, -0.05) is 24.2 Å². The molecular formula is C14H25N5OS. The summed E-state index contributed by atoms with van der Waals surface area (Å²) in [6, 6.07) is 0. The Hall–Kier alpha value is -1.34. The van der Waals surface area contributed by atoms with Crippen molar-refractivity contribution in [3.8, 4) is 0 Å². The Labute approximate surface area is 130 Å². The Morgan fingerprint density at radius 1 is 1.38 bits per heavy atom. The second-order valence-electron chi connectivity index (χ2n) is 5.44. The molecule has 0 radical (unpaired) electrons. The van der Waals surface area contributed by atoms with Crippen LogP contribution in [0.3, 0.4) is 0 Å². The van der Waals surface area contributed by atoms with E-state index in [1.54, 1.807) is 11.9 Å². The first-order valence-electron chi connectivity index (χ1n) is 7.54. The molecular weight excluding hydrogens is 286 g/mol. The van der Waals surface area contributed by atoms with Crippen LogP contribution < -0.4 is 16.0 Å². The fourth-order valence-corrected chi connectivity index (χ4v) is 3.46. The molecule has 3 N–H and O–H groups in total. The lowest BCUT2D eigenvalue weighted by Gasteiger charge is -2.18. The van der Waals surface area contributed by atoms with E-state index in [4.69, 9.17) is 5.73 Å². The second kappa shape index (κ2) is 7.61. The van der Waals surface area contributed by atoms with Crippen molar-refractivity contribution >= 4 is 28.2 Å². The molecule has 0 saturated carbocycles. The topological polar surface area (TPSA) is 74.5 Å². The van der Waals surface area contributed by atoms with E-state index in [-0.39, 0.29) is 5.91 Å². The van der Waals surface area contributed by atoms with E-state index in [0.29, 0.717) is 17.2 Å². The predicted molar refractivity (Wildman–Crippen MR) is 88.1 cm³/mol. The number of nitrogens with two attached hydrogens (primary N) is 1.